The van der Waals surface area contributed by atoms with E-state index in [4.69, 9.17) is 0 Å². The SMILES string of the molecule is Cc1[nH]nc2ccc3c(c12)CCC1C3CC[C@@]2(C)C1CC[C@]2(C)O. The van der Waals surface area contributed by atoms with Crippen LogP contribution in [0.1, 0.15) is 68.7 Å². The highest BCUT2D eigenvalue weighted by Gasteiger charge is 2.59. The van der Waals surface area contributed by atoms with Gasteiger partial charge in [-0.3, -0.25) is 5.10 Å². The van der Waals surface area contributed by atoms with Crippen molar-refractivity contribution >= 4 is 10.9 Å². The van der Waals surface area contributed by atoms with Gasteiger partial charge in [-0.25, -0.2) is 0 Å². The van der Waals surface area contributed by atoms with E-state index in [9.17, 15) is 5.11 Å². The topological polar surface area (TPSA) is 48.9 Å². The molecule has 3 nitrogen and oxygen atoms in total. The van der Waals surface area contributed by atoms with Gasteiger partial charge in [0.05, 0.1) is 11.1 Å². The molecule has 1 aromatic heterocycles. The number of aryl methyl sites for hydroxylation is 2. The van der Waals surface area contributed by atoms with Gasteiger partial charge in [-0.15, -0.1) is 0 Å². The quantitative estimate of drug-likeness (QED) is 0.750. The Labute approximate surface area is 143 Å². The highest BCUT2D eigenvalue weighted by molar-refractivity contribution is 5.86. The van der Waals surface area contributed by atoms with E-state index < -0.39 is 5.60 Å². The van der Waals surface area contributed by atoms with E-state index in [0.717, 1.165) is 24.3 Å². The molecule has 5 atom stereocenters. The number of hydrogen-bond donors (Lipinski definition) is 2. The minimum absolute atomic E-state index is 0.112. The maximum Gasteiger partial charge on any atom is 0.0926 e. The van der Waals surface area contributed by atoms with Crippen LogP contribution < -0.4 is 0 Å². The third-order valence-corrected chi connectivity index (χ3v) is 8.17. The van der Waals surface area contributed by atoms with Gasteiger partial charge in [0.15, 0.2) is 0 Å². The van der Waals surface area contributed by atoms with Crippen molar-refractivity contribution in [1.29, 1.82) is 0 Å². The van der Waals surface area contributed by atoms with Crippen molar-refractivity contribution in [2.24, 2.45) is 17.3 Å². The van der Waals surface area contributed by atoms with Gasteiger partial charge in [0.1, 0.15) is 0 Å². The van der Waals surface area contributed by atoms with Crippen LogP contribution in [0.25, 0.3) is 10.9 Å². The average molecular weight is 324 g/mol. The van der Waals surface area contributed by atoms with Crippen molar-refractivity contribution < 1.29 is 5.11 Å². The maximum absolute atomic E-state index is 11.0. The van der Waals surface area contributed by atoms with Crippen LogP contribution >= 0.6 is 0 Å². The first kappa shape index (κ1) is 14.9. The Morgan fingerprint density at radius 1 is 1.17 bits per heavy atom. The standard InChI is InChI=1S/C21H28N2O/c1-12-19-16-5-4-15-14(13(16)6-7-18(19)23-22-12)8-10-20(2)17(15)9-11-21(20,3)24/h6-7,14-15,17,24H,4-5,8-11H2,1-3H3,(H,22,23)/t14?,15?,17?,20-,21-/m0/s1. The van der Waals surface area contributed by atoms with Crippen LogP contribution in [0.15, 0.2) is 12.1 Å². The van der Waals surface area contributed by atoms with E-state index >= 15 is 0 Å². The molecule has 2 N–H and O–H groups in total. The number of fused-ring (bicyclic) bond motifs is 7. The summed E-state index contributed by atoms with van der Waals surface area (Å²) in [4.78, 5) is 0. The number of aromatic nitrogens is 2. The summed E-state index contributed by atoms with van der Waals surface area (Å²) in [6.45, 7) is 6.59. The molecule has 0 radical (unpaired) electrons. The van der Waals surface area contributed by atoms with Crippen LogP contribution in [0.3, 0.4) is 0 Å². The Morgan fingerprint density at radius 2 is 2.00 bits per heavy atom. The summed E-state index contributed by atoms with van der Waals surface area (Å²) >= 11 is 0. The molecular weight excluding hydrogens is 296 g/mol. The van der Waals surface area contributed by atoms with Gasteiger partial charge in [0.2, 0.25) is 0 Å². The number of aromatic amines is 1. The Balaban J connectivity index is 1.60. The molecule has 2 fully saturated rings. The lowest BCUT2D eigenvalue weighted by Gasteiger charge is -2.52. The molecule has 0 saturated heterocycles. The van der Waals surface area contributed by atoms with E-state index in [1.807, 2.05) is 0 Å². The van der Waals surface area contributed by atoms with Crippen molar-refractivity contribution in [2.75, 3.05) is 0 Å². The average Bonchev–Trinajstić information content (AvgIpc) is 3.05. The minimum atomic E-state index is -0.478. The van der Waals surface area contributed by atoms with E-state index in [1.54, 1.807) is 11.1 Å². The molecule has 2 saturated carbocycles. The van der Waals surface area contributed by atoms with Crippen LogP contribution in [0.5, 0.6) is 0 Å². The zero-order valence-electron chi connectivity index (χ0n) is 15.0. The minimum Gasteiger partial charge on any atom is -0.390 e. The predicted molar refractivity (Wildman–Crippen MR) is 96.1 cm³/mol. The van der Waals surface area contributed by atoms with Gasteiger partial charge in [-0.1, -0.05) is 13.0 Å². The molecule has 0 aliphatic heterocycles. The molecule has 0 spiro atoms. The molecular formula is C21H28N2O. The fraction of sp³-hybridized carbons (Fsp3) is 0.667. The molecule has 3 aliphatic carbocycles. The molecule has 5 rings (SSSR count). The molecule has 3 aliphatic rings. The second kappa shape index (κ2) is 4.63. The van der Waals surface area contributed by atoms with Crippen molar-refractivity contribution in [3.05, 3.63) is 29.0 Å². The van der Waals surface area contributed by atoms with Gasteiger partial charge in [0.25, 0.3) is 0 Å². The van der Waals surface area contributed by atoms with Crippen molar-refractivity contribution in [2.45, 2.75) is 70.8 Å². The van der Waals surface area contributed by atoms with E-state index in [-0.39, 0.29) is 5.41 Å². The summed E-state index contributed by atoms with van der Waals surface area (Å²) in [5, 5.41) is 20.0. The fourth-order valence-corrected chi connectivity index (χ4v) is 6.61. The van der Waals surface area contributed by atoms with Crippen LogP contribution in [-0.4, -0.2) is 20.9 Å². The largest absolute Gasteiger partial charge is 0.390 e. The van der Waals surface area contributed by atoms with Crippen LogP contribution in [0.4, 0.5) is 0 Å². The summed E-state index contributed by atoms with van der Waals surface area (Å²) < 4.78 is 0. The summed E-state index contributed by atoms with van der Waals surface area (Å²) in [6, 6.07) is 4.56. The van der Waals surface area contributed by atoms with E-state index in [1.165, 1.54) is 36.8 Å². The van der Waals surface area contributed by atoms with Gasteiger partial charge in [-0.05, 0) is 92.7 Å². The summed E-state index contributed by atoms with van der Waals surface area (Å²) in [5.74, 6) is 2.11. The number of aliphatic hydroxyl groups is 1. The summed E-state index contributed by atoms with van der Waals surface area (Å²) in [6.07, 6.45) is 7.01. The predicted octanol–water partition coefficient (Wildman–Crippen LogP) is 4.48. The fourth-order valence-electron chi connectivity index (χ4n) is 6.61. The number of H-pyrrole nitrogens is 1. The Morgan fingerprint density at radius 3 is 2.83 bits per heavy atom. The lowest BCUT2D eigenvalue weighted by Crippen LogP contribution is -2.49. The number of rotatable bonds is 0. The number of hydrogen-bond acceptors (Lipinski definition) is 2. The zero-order chi connectivity index (χ0) is 16.7. The number of nitrogens with zero attached hydrogens (tertiary/aromatic N) is 1. The highest BCUT2D eigenvalue weighted by Crippen LogP contribution is 2.64. The Bertz CT molecular complexity index is 821. The molecule has 128 valence electrons. The second-order valence-corrected chi connectivity index (χ2v) is 9.06. The first-order valence-corrected chi connectivity index (χ1v) is 9.61. The highest BCUT2D eigenvalue weighted by atomic mass is 16.3. The third kappa shape index (κ3) is 1.69. The first-order chi connectivity index (χ1) is 11.4. The maximum atomic E-state index is 11.0. The lowest BCUT2D eigenvalue weighted by molar-refractivity contribution is -0.0901. The van der Waals surface area contributed by atoms with Gasteiger partial charge in [0, 0.05) is 11.1 Å². The first-order valence-electron chi connectivity index (χ1n) is 9.61. The molecule has 3 heteroatoms. The molecule has 0 amide bonds. The van der Waals surface area contributed by atoms with Crippen molar-refractivity contribution in [3.8, 4) is 0 Å². The van der Waals surface area contributed by atoms with E-state index in [0.29, 0.717) is 11.8 Å². The molecule has 3 unspecified atom stereocenters. The van der Waals surface area contributed by atoms with Crippen LogP contribution in [0.2, 0.25) is 0 Å². The Hall–Kier alpha value is -1.35. The second-order valence-electron chi connectivity index (χ2n) is 9.06. The van der Waals surface area contributed by atoms with E-state index in [2.05, 4.69) is 43.1 Å². The number of benzene rings is 1. The van der Waals surface area contributed by atoms with Gasteiger partial charge in [-0.2, -0.15) is 5.10 Å². The third-order valence-electron chi connectivity index (χ3n) is 8.17. The monoisotopic (exact) mass is 324 g/mol. The number of nitrogens with one attached hydrogen (secondary N) is 1. The van der Waals surface area contributed by atoms with Crippen LogP contribution in [-0.2, 0) is 6.42 Å². The molecule has 1 heterocycles. The molecule has 0 bridgehead atoms. The molecule has 1 aromatic carbocycles. The zero-order valence-corrected chi connectivity index (χ0v) is 15.0. The lowest BCUT2D eigenvalue weighted by atomic mass is 9.53. The van der Waals surface area contributed by atoms with Crippen LogP contribution in [0, 0.1) is 24.2 Å². The smallest absolute Gasteiger partial charge is 0.0926 e. The van der Waals surface area contributed by atoms with Gasteiger partial charge >= 0.3 is 0 Å². The Kier molecular flexibility index (Phi) is 2.88. The van der Waals surface area contributed by atoms with Crippen molar-refractivity contribution in [3.63, 3.8) is 0 Å². The summed E-state index contributed by atoms with van der Waals surface area (Å²) in [7, 11) is 0. The molecule has 24 heavy (non-hydrogen) atoms. The van der Waals surface area contributed by atoms with Gasteiger partial charge < -0.3 is 5.11 Å². The normalized spacial score (nSPS) is 41.1. The molecule has 2 aromatic rings. The summed E-state index contributed by atoms with van der Waals surface area (Å²) in [5.41, 5.74) is 5.10. The van der Waals surface area contributed by atoms with Crippen molar-refractivity contribution in [1.82, 2.24) is 10.2 Å².